The van der Waals surface area contributed by atoms with Crippen molar-refractivity contribution in [2.45, 2.75) is 18.7 Å². The van der Waals surface area contributed by atoms with E-state index in [0.717, 1.165) is 16.2 Å². The van der Waals surface area contributed by atoms with Gasteiger partial charge in [0.05, 0.1) is 0 Å². The van der Waals surface area contributed by atoms with Crippen LogP contribution in [0.2, 0.25) is 0 Å². The Labute approximate surface area is 95.8 Å². The Bertz CT molecular complexity index is 368. The third-order valence-electron chi connectivity index (χ3n) is 1.89. The molecule has 1 rings (SSSR count). The van der Waals surface area contributed by atoms with Gasteiger partial charge in [-0.3, -0.25) is 4.79 Å². The third-order valence-corrected chi connectivity index (χ3v) is 2.19. The van der Waals surface area contributed by atoms with Crippen molar-refractivity contribution in [1.29, 1.82) is 0 Å². The summed E-state index contributed by atoms with van der Waals surface area (Å²) in [5.41, 5.74) is 2.06. The van der Waals surface area contributed by atoms with Gasteiger partial charge in [-0.15, -0.1) is 12.6 Å². The van der Waals surface area contributed by atoms with Gasteiger partial charge in [0, 0.05) is 17.1 Å². The summed E-state index contributed by atoms with van der Waals surface area (Å²) in [6.07, 6.45) is 1.64. The van der Waals surface area contributed by atoms with Crippen molar-refractivity contribution in [2.24, 2.45) is 0 Å². The quantitative estimate of drug-likeness (QED) is 0.604. The average Bonchev–Trinajstić information content (AvgIpc) is 2.16. The van der Waals surface area contributed by atoms with Crippen LogP contribution in [0.15, 0.2) is 40.8 Å². The van der Waals surface area contributed by atoms with E-state index in [-0.39, 0.29) is 5.78 Å². The van der Waals surface area contributed by atoms with Crippen molar-refractivity contribution < 1.29 is 4.79 Å². The molecule has 0 aliphatic rings. The van der Waals surface area contributed by atoms with Crippen LogP contribution in [0.5, 0.6) is 0 Å². The molecule has 0 aliphatic carbocycles. The number of nitrogens with one attached hydrogen (secondary N) is 1. The van der Waals surface area contributed by atoms with Gasteiger partial charge in [0.2, 0.25) is 0 Å². The number of allylic oxidation sites excluding steroid dienone is 1. The maximum Gasteiger partial charge on any atom is 0.152 e. The topological polar surface area (TPSA) is 29.1 Å². The lowest BCUT2D eigenvalue weighted by atomic mass is 10.2. The van der Waals surface area contributed by atoms with Crippen molar-refractivity contribution >= 4 is 24.1 Å². The minimum atomic E-state index is 0.0833. The lowest BCUT2D eigenvalue weighted by Gasteiger charge is -2.06. The lowest BCUT2D eigenvalue weighted by molar-refractivity contribution is -0.112. The Morgan fingerprint density at radius 2 is 1.93 bits per heavy atom. The minimum absolute atomic E-state index is 0.0833. The summed E-state index contributed by atoms with van der Waals surface area (Å²) in [6, 6.07) is 7.78. The zero-order valence-electron chi connectivity index (χ0n) is 8.95. The maximum absolute atomic E-state index is 10.8. The van der Waals surface area contributed by atoms with E-state index in [2.05, 4.69) is 17.9 Å². The van der Waals surface area contributed by atoms with Crippen molar-refractivity contribution in [2.75, 3.05) is 11.9 Å². The Morgan fingerprint density at radius 1 is 1.33 bits per heavy atom. The summed E-state index contributed by atoms with van der Waals surface area (Å²) in [5.74, 6) is 0.0833. The highest BCUT2D eigenvalue weighted by Gasteiger charge is 1.94. The van der Waals surface area contributed by atoms with Gasteiger partial charge < -0.3 is 5.32 Å². The standard InChI is InChI=1S/C12H15NOS/c1-9(7-10(2)14)8-13-11-3-5-12(15)6-4-11/h3-7,13,15H,8H2,1-2H3/b9-7+. The molecule has 0 aliphatic heterocycles. The van der Waals surface area contributed by atoms with Crippen LogP contribution >= 0.6 is 12.6 Å². The van der Waals surface area contributed by atoms with Gasteiger partial charge in [-0.2, -0.15) is 0 Å². The van der Waals surface area contributed by atoms with Gasteiger partial charge in [0.1, 0.15) is 0 Å². The molecule has 1 aromatic carbocycles. The molecule has 3 heteroatoms. The first-order valence-electron chi connectivity index (χ1n) is 4.78. The van der Waals surface area contributed by atoms with Gasteiger partial charge in [0.15, 0.2) is 5.78 Å². The average molecular weight is 221 g/mol. The van der Waals surface area contributed by atoms with Crippen molar-refractivity contribution in [3.63, 3.8) is 0 Å². The number of anilines is 1. The van der Waals surface area contributed by atoms with E-state index in [4.69, 9.17) is 0 Å². The second-order valence-corrected chi connectivity index (χ2v) is 4.02. The normalized spacial score (nSPS) is 11.3. The molecule has 0 saturated carbocycles. The number of benzene rings is 1. The van der Waals surface area contributed by atoms with E-state index >= 15 is 0 Å². The van der Waals surface area contributed by atoms with Crippen molar-refractivity contribution in [3.8, 4) is 0 Å². The van der Waals surface area contributed by atoms with Crippen LogP contribution in [0, 0.1) is 0 Å². The fourth-order valence-corrected chi connectivity index (χ4v) is 1.37. The van der Waals surface area contributed by atoms with E-state index in [9.17, 15) is 4.79 Å². The second-order valence-electron chi connectivity index (χ2n) is 3.50. The Morgan fingerprint density at radius 3 is 2.47 bits per heavy atom. The van der Waals surface area contributed by atoms with Crippen LogP contribution in [-0.4, -0.2) is 12.3 Å². The van der Waals surface area contributed by atoms with Gasteiger partial charge in [-0.1, -0.05) is 5.57 Å². The number of carbonyl (C=O) groups is 1. The van der Waals surface area contributed by atoms with Crippen LogP contribution < -0.4 is 5.32 Å². The lowest BCUT2D eigenvalue weighted by Crippen LogP contribution is -2.03. The van der Waals surface area contributed by atoms with Crippen molar-refractivity contribution in [3.05, 3.63) is 35.9 Å². The minimum Gasteiger partial charge on any atom is -0.381 e. The Kier molecular flexibility index (Phi) is 4.43. The number of rotatable bonds is 4. The monoisotopic (exact) mass is 221 g/mol. The molecule has 80 valence electrons. The zero-order valence-corrected chi connectivity index (χ0v) is 9.84. The molecule has 0 saturated heterocycles. The highest BCUT2D eigenvalue weighted by molar-refractivity contribution is 7.80. The number of thiol groups is 1. The van der Waals surface area contributed by atoms with E-state index < -0.39 is 0 Å². The SMILES string of the molecule is CC(=O)/C=C(\C)CNc1ccc(S)cc1. The predicted octanol–water partition coefficient (Wildman–Crippen LogP) is 2.92. The Hall–Kier alpha value is -1.22. The summed E-state index contributed by atoms with van der Waals surface area (Å²) in [7, 11) is 0. The largest absolute Gasteiger partial charge is 0.381 e. The molecule has 1 N–H and O–H groups in total. The van der Waals surface area contributed by atoms with Gasteiger partial charge >= 0.3 is 0 Å². The molecule has 0 radical (unpaired) electrons. The summed E-state index contributed by atoms with van der Waals surface area (Å²) < 4.78 is 0. The fourth-order valence-electron chi connectivity index (χ4n) is 1.22. The van der Waals surface area contributed by atoms with E-state index in [1.54, 1.807) is 13.0 Å². The smallest absolute Gasteiger partial charge is 0.152 e. The van der Waals surface area contributed by atoms with Gasteiger partial charge in [0.25, 0.3) is 0 Å². The molecule has 0 atom stereocenters. The van der Waals surface area contributed by atoms with E-state index in [1.807, 2.05) is 31.2 Å². The number of ketones is 1. The van der Waals surface area contributed by atoms with Crippen LogP contribution in [0.1, 0.15) is 13.8 Å². The van der Waals surface area contributed by atoms with Crippen LogP contribution in [0.4, 0.5) is 5.69 Å². The number of hydrogen-bond donors (Lipinski definition) is 2. The summed E-state index contributed by atoms with van der Waals surface area (Å²) >= 11 is 4.20. The first-order chi connectivity index (χ1) is 7.08. The first-order valence-corrected chi connectivity index (χ1v) is 5.23. The predicted molar refractivity (Wildman–Crippen MR) is 66.6 cm³/mol. The summed E-state index contributed by atoms with van der Waals surface area (Å²) in [5, 5.41) is 3.22. The molecule has 0 aromatic heterocycles. The molecule has 0 unspecified atom stereocenters. The maximum atomic E-state index is 10.8. The van der Waals surface area contributed by atoms with E-state index in [0.29, 0.717) is 6.54 Å². The molecule has 1 aromatic rings. The molecule has 15 heavy (non-hydrogen) atoms. The molecule has 0 bridgehead atoms. The molecular weight excluding hydrogens is 206 g/mol. The second kappa shape index (κ2) is 5.61. The van der Waals surface area contributed by atoms with Gasteiger partial charge in [-0.25, -0.2) is 0 Å². The number of hydrogen-bond acceptors (Lipinski definition) is 3. The highest BCUT2D eigenvalue weighted by Crippen LogP contribution is 2.12. The first kappa shape index (κ1) is 11.9. The number of carbonyl (C=O) groups excluding carboxylic acids is 1. The van der Waals surface area contributed by atoms with Gasteiger partial charge in [-0.05, 0) is 44.2 Å². The Balaban J connectivity index is 2.50. The fraction of sp³-hybridized carbons (Fsp3) is 0.250. The van der Waals surface area contributed by atoms with Crippen LogP contribution in [0.25, 0.3) is 0 Å². The summed E-state index contributed by atoms with van der Waals surface area (Å²) in [4.78, 5) is 11.7. The molecule has 0 fully saturated rings. The van der Waals surface area contributed by atoms with Crippen LogP contribution in [0.3, 0.4) is 0 Å². The highest BCUT2D eigenvalue weighted by atomic mass is 32.1. The van der Waals surface area contributed by atoms with Crippen molar-refractivity contribution in [1.82, 2.24) is 0 Å². The summed E-state index contributed by atoms with van der Waals surface area (Å²) in [6.45, 7) is 4.17. The third kappa shape index (κ3) is 4.70. The molecule has 2 nitrogen and oxygen atoms in total. The molecule has 0 amide bonds. The zero-order chi connectivity index (χ0) is 11.3. The molecule has 0 heterocycles. The molecular formula is C12H15NOS. The molecule has 0 spiro atoms. The van der Waals surface area contributed by atoms with Crippen LogP contribution in [-0.2, 0) is 4.79 Å². The van der Waals surface area contributed by atoms with E-state index in [1.165, 1.54) is 0 Å².